The zero-order valence-electron chi connectivity index (χ0n) is 10.5. The number of nitrogens with one attached hydrogen (secondary N) is 1. The van der Waals surface area contributed by atoms with Crippen LogP contribution in [0.15, 0.2) is 25.3 Å². The van der Waals surface area contributed by atoms with Gasteiger partial charge in [0.15, 0.2) is 0 Å². The summed E-state index contributed by atoms with van der Waals surface area (Å²) in [5.41, 5.74) is 0. The van der Waals surface area contributed by atoms with E-state index in [1.54, 1.807) is 12.2 Å². The summed E-state index contributed by atoms with van der Waals surface area (Å²) in [6.45, 7) is 8.88. The van der Waals surface area contributed by atoms with Crippen LogP contribution in [0.25, 0.3) is 0 Å². The molecule has 6 heteroatoms. The van der Waals surface area contributed by atoms with Gasteiger partial charge in [0.1, 0.15) is 0 Å². The van der Waals surface area contributed by atoms with E-state index < -0.39 is 6.65 Å². The van der Waals surface area contributed by atoms with Crippen LogP contribution in [0.1, 0.15) is 20.3 Å². The van der Waals surface area contributed by atoms with Gasteiger partial charge < -0.3 is 0 Å². The molecule has 0 aromatic rings. The summed E-state index contributed by atoms with van der Waals surface area (Å²) in [6.07, 6.45) is 4.69. The molecule has 98 valence electrons. The van der Waals surface area contributed by atoms with Crippen LogP contribution < -0.4 is 5.09 Å². The lowest BCUT2D eigenvalue weighted by Crippen LogP contribution is -2.26. The molecule has 0 spiro atoms. The van der Waals surface area contributed by atoms with Crippen molar-refractivity contribution in [2.24, 2.45) is 0 Å². The van der Waals surface area contributed by atoms with Crippen molar-refractivity contribution in [3.8, 4) is 0 Å². The van der Waals surface area contributed by atoms with Crippen molar-refractivity contribution in [2.75, 3.05) is 13.1 Å². The Balaban J connectivity index is 4.90. The monoisotopic (exact) mass is 276 g/mol. The zero-order chi connectivity index (χ0) is 13.3. The van der Waals surface area contributed by atoms with Gasteiger partial charge in [0, 0.05) is 18.3 Å². The fraction of sp³-hybridized carbons (Fsp3) is 0.545. The third-order valence-corrected chi connectivity index (χ3v) is 7.56. The Morgan fingerprint density at radius 1 is 1.47 bits per heavy atom. The van der Waals surface area contributed by atoms with Crippen molar-refractivity contribution in [2.45, 2.75) is 25.5 Å². The third kappa shape index (κ3) is 5.57. The van der Waals surface area contributed by atoms with Crippen LogP contribution in [0.5, 0.6) is 0 Å². The van der Waals surface area contributed by atoms with Crippen molar-refractivity contribution >= 4 is 24.4 Å². The second-order valence-corrected chi connectivity index (χ2v) is 8.52. The Bertz CT molecular complexity index is 310. The smallest absolute Gasteiger partial charge is 0.278 e. The molecule has 0 radical (unpaired) electrons. The maximum Gasteiger partial charge on any atom is 0.295 e. The molecule has 0 aliphatic carbocycles. The Labute approximate surface area is 108 Å². The minimum absolute atomic E-state index is 0.213. The van der Waals surface area contributed by atoms with Crippen LogP contribution in [0, 0.1) is 0 Å². The standard InChI is InChI=1S/C11H21N2O2PS/c1-5-8-12-16(15,17-11(4)7-3)13(10-14)9-6-2/h5-6,10-11H,1-2,7-9H2,3-4H3,(H,12,15). The fourth-order valence-electron chi connectivity index (χ4n) is 1.03. The second-order valence-electron chi connectivity index (χ2n) is 3.51. The van der Waals surface area contributed by atoms with Crippen LogP contribution in [0.3, 0.4) is 0 Å². The summed E-state index contributed by atoms with van der Waals surface area (Å²) in [7, 11) is 0. The van der Waals surface area contributed by atoms with Gasteiger partial charge in [-0.15, -0.1) is 13.2 Å². The molecule has 0 aromatic heterocycles. The molecule has 0 bridgehead atoms. The average Bonchev–Trinajstić information content (AvgIpc) is 2.33. The van der Waals surface area contributed by atoms with E-state index in [9.17, 15) is 9.36 Å². The molecule has 0 fully saturated rings. The highest BCUT2D eigenvalue weighted by molar-refractivity contribution is 8.57. The number of hydrogen-bond donors (Lipinski definition) is 1. The molecular formula is C11H21N2O2PS. The summed E-state index contributed by atoms with van der Waals surface area (Å²) in [5.74, 6) is 0. The van der Waals surface area contributed by atoms with Crippen molar-refractivity contribution < 1.29 is 9.36 Å². The van der Waals surface area contributed by atoms with Crippen LogP contribution in [0.2, 0.25) is 0 Å². The van der Waals surface area contributed by atoms with Gasteiger partial charge in [0.25, 0.3) is 6.65 Å². The largest absolute Gasteiger partial charge is 0.295 e. The van der Waals surface area contributed by atoms with Gasteiger partial charge >= 0.3 is 0 Å². The van der Waals surface area contributed by atoms with Gasteiger partial charge in [0.2, 0.25) is 6.41 Å². The van der Waals surface area contributed by atoms with E-state index in [0.29, 0.717) is 13.0 Å². The number of carbonyl (C=O) groups excluding carboxylic acids is 1. The van der Waals surface area contributed by atoms with E-state index in [1.807, 2.05) is 13.8 Å². The van der Waals surface area contributed by atoms with Gasteiger partial charge in [0.05, 0.1) is 0 Å². The first-order valence-corrected chi connectivity index (χ1v) is 8.66. The Kier molecular flexibility index (Phi) is 8.30. The number of amides is 1. The van der Waals surface area contributed by atoms with Gasteiger partial charge in [-0.25, -0.2) is 5.09 Å². The van der Waals surface area contributed by atoms with Crippen molar-refractivity contribution in [3.63, 3.8) is 0 Å². The lowest BCUT2D eigenvalue weighted by molar-refractivity contribution is -0.113. The minimum atomic E-state index is -2.95. The quantitative estimate of drug-likeness (QED) is 0.378. The molecule has 0 rings (SSSR count). The number of nitrogens with zero attached hydrogens (tertiary/aromatic N) is 1. The van der Waals surface area contributed by atoms with Crippen LogP contribution in [0.4, 0.5) is 0 Å². The minimum Gasteiger partial charge on any atom is -0.278 e. The summed E-state index contributed by atoms with van der Waals surface area (Å²) in [5, 5.41) is 3.11. The molecule has 4 nitrogen and oxygen atoms in total. The third-order valence-electron chi connectivity index (χ3n) is 2.11. The molecule has 0 aliphatic rings. The molecule has 1 N–H and O–H groups in total. The SMILES string of the molecule is C=CCNP(=O)(SC(C)CC)N(C=O)CC=C. The fourth-order valence-corrected chi connectivity index (χ4v) is 5.90. The first-order chi connectivity index (χ1) is 8.03. The van der Waals surface area contributed by atoms with Crippen LogP contribution >= 0.6 is 18.0 Å². The Morgan fingerprint density at radius 3 is 2.53 bits per heavy atom. The van der Waals surface area contributed by atoms with Gasteiger partial charge in [-0.1, -0.05) is 37.4 Å². The molecule has 0 saturated heterocycles. The first kappa shape index (κ1) is 16.5. The number of rotatable bonds is 10. The van der Waals surface area contributed by atoms with E-state index in [4.69, 9.17) is 0 Å². The van der Waals surface area contributed by atoms with E-state index in [1.165, 1.54) is 16.1 Å². The van der Waals surface area contributed by atoms with E-state index in [-0.39, 0.29) is 11.8 Å². The highest BCUT2D eigenvalue weighted by Gasteiger charge is 2.30. The molecule has 17 heavy (non-hydrogen) atoms. The van der Waals surface area contributed by atoms with E-state index in [2.05, 4.69) is 18.2 Å². The average molecular weight is 276 g/mol. The predicted molar refractivity (Wildman–Crippen MR) is 76.1 cm³/mol. The normalized spacial score (nSPS) is 15.6. The molecule has 1 amide bonds. The second kappa shape index (κ2) is 8.56. The summed E-state index contributed by atoms with van der Waals surface area (Å²) in [4.78, 5) is 11.0. The molecule has 2 atom stereocenters. The predicted octanol–water partition coefficient (Wildman–Crippen LogP) is 3.05. The molecule has 0 aliphatic heterocycles. The van der Waals surface area contributed by atoms with E-state index in [0.717, 1.165) is 6.42 Å². The maximum atomic E-state index is 12.7. The van der Waals surface area contributed by atoms with Crippen molar-refractivity contribution in [1.82, 2.24) is 9.76 Å². The molecule has 0 saturated carbocycles. The van der Waals surface area contributed by atoms with Gasteiger partial charge in [-0.3, -0.25) is 14.0 Å². The summed E-state index contributed by atoms with van der Waals surface area (Å²) in [6, 6.07) is 0. The maximum absolute atomic E-state index is 12.7. The molecule has 0 heterocycles. The lowest BCUT2D eigenvalue weighted by Gasteiger charge is -2.28. The zero-order valence-corrected chi connectivity index (χ0v) is 12.2. The molecule has 2 unspecified atom stereocenters. The van der Waals surface area contributed by atoms with E-state index >= 15 is 0 Å². The number of carbonyl (C=O) groups is 1. The lowest BCUT2D eigenvalue weighted by atomic mass is 10.4. The summed E-state index contributed by atoms with van der Waals surface area (Å²) < 4.78 is 14.0. The molecular weight excluding hydrogens is 255 g/mol. The van der Waals surface area contributed by atoms with Crippen molar-refractivity contribution in [1.29, 1.82) is 0 Å². The Morgan fingerprint density at radius 2 is 2.12 bits per heavy atom. The van der Waals surface area contributed by atoms with Crippen LogP contribution in [-0.4, -0.2) is 29.4 Å². The first-order valence-electron chi connectivity index (χ1n) is 5.51. The topological polar surface area (TPSA) is 49.4 Å². The molecule has 0 aromatic carbocycles. The highest BCUT2D eigenvalue weighted by Crippen LogP contribution is 2.59. The van der Waals surface area contributed by atoms with Crippen LogP contribution in [-0.2, 0) is 9.36 Å². The number of hydrogen-bond acceptors (Lipinski definition) is 3. The van der Waals surface area contributed by atoms with Gasteiger partial charge in [-0.05, 0) is 6.42 Å². The Hall–Kier alpha value is -0.510. The highest BCUT2D eigenvalue weighted by atomic mass is 32.7. The van der Waals surface area contributed by atoms with Crippen molar-refractivity contribution in [3.05, 3.63) is 25.3 Å². The summed E-state index contributed by atoms with van der Waals surface area (Å²) >= 11 is 1.30. The van der Waals surface area contributed by atoms with Gasteiger partial charge in [-0.2, -0.15) is 0 Å².